The Hall–Kier alpha value is -3.03. The van der Waals surface area contributed by atoms with E-state index in [0.29, 0.717) is 26.3 Å². The topological polar surface area (TPSA) is 63.0 Å². The van der Waals surface area contributed by atoms with E-state index in [0.717, 1.165) is 24.2 Å². The van der Waals surface area contributed by atoms with Crippen LogP contribution in [0.1, 0.15) is 33.3 Å². The molecule has 1 unspecified atom stereocenters. The molecule has 5 rings (SSSR count). The molecule has 160 valence electrons. The Bertz CT molecular complexity index is 1200. The molecule has 1 amide bonds. The van der Waals surface area contributed by atoms with Crippen molar-refractivity contribution in [2.45, 2.75) is 13.0 Å². The highest BCUT2D eigenvalue weighted by Crippen LogP contribution is 2.38. The summed E-state index contributed by atoms with van der Waals surface area (Å²) in [6, 6.07) is 11.0. The average Bonchev–Trinajstić information content (AvgIpc) is 3.06. The zero-order chi connectivity index (χ0) is 21.5. The van der Waals surface area contributed by atoms with Gasteiger partial charge in [-0.15, -0.1) is 0 Å². The lowest BCUT2D eigenvalue weighted by molar-refractivity contribution is 0.0314. The quantitative estimate of drug-likeness (QED) is 0.647. The molecule has 3 heterocycles. The molecule has 1 fully saturated rings. The van der Waals surface area contributed by atoms with Gasteiger partial charge < -0.3 is 14.1 Å². The van der Waals surface area contributed by atoms with Crippen LogP contribution >= 0.6 is 0 Å². The monoisotopic (exact) mass is 422 g/mol. The minimum atomic E-state index is -0.562. The third-order valence-corrected chi connectivity index (χ3v) is 6.08. The Balaban J connectivity index is 1.60. The number of rotatable bonds is 4. The Morgan fingerprint density at radius 1 is 1.03 bits per heavy atom. The number of amides is 1. The molecule has 0 saturated carbocycles. The van der Waals surface area contributed by atoms with Crippen molar-refractivity contribution >= 4 is 16.9 Å². The Morgan fingerprint density at radius 2 is 1.77 bits per heavy atom. The largest absolute Gasteiger partial charge is 0.450 e. The van der Waals surface area contributed by atoms with Crippen LogP contribution in [0.5, 0.6) is 0 Å². The van der Waals surface area contributed by atoms with Crippen LogP contribution in [0.4, 0.5) is 4.39 Å². The van der Waals surface area contributed by atoms with Crippen LogP contribution in [0, 0.1) is 12.7 Å². The van der Waals surface area contributed by atoms with Crippen molar-refractivity contribution in [1.82, 2.24) is 9.80 Å². The van der Waals surface area contributed by atoms with E-state index in [4.69, 9.17) is 9.15 Å². The predicted molar refractivity (Wildman–Crippen MR) is 114 cm³/mol. The molecular weight excluding hydrogens is 399 g/mol. The number of fused-ring (bicyclic) bond motifs is 2. The van der Waals surface area contributed by atoms with Crippen molar-refractivity contribution in [2.24, 2.45) is 0 Å². The van der Waals surface area contributed by atoms with E-state index in [1.54, 1.807) is 4.90 Å². The van der Waals surface area contributed by atoms with Gasteiger partial charge in [0.15, 0.2) is 5.43 Å². The summed E-state index contributed by atoms with van der Waals surface area (Å²) in [4.78, 5) is 30.7. The van der Waals surface area contributed by atoms with E-state index in [-0.39, 0.29) is 33.6 Å². The van der Waals surface area contributed by atoms with Crippen LogP contribution in [-0.2, 0) is 4.74 Å². The molecule has 0 N–H and O–H groups in total. The second-order valence-electron chi connectivity index (χ2n) is 8.08. The first-order valence-electron chi connectivity index (χ1n) is 10.5. The lowest BCUT2D eigenvalue weighted by Crippen LogP contribution is -2.42. The van der Waals surface area contributed by atoms with Crippen molar-refractivity contribution in [3.05, 3.63) is 81.0 Å². The summed E-state index contributed by atoms with van der Waals surface area (Å²) in [5, 5.41) is 0.152. The van der Waals surface area contributed by atoms with E-state index in [1.807, 2.05) is 31.2 Å². The molecule has 2 aromatic carbocycles. The molecule has 31 heavy (non-hydrogen) atoms. The van der Waals surface area contributed by atoms with E-state index in [2.05, 4.69) is 4.90 Å². The number of morpholine rings is 1. The Labute approximate surface area is 178 Å². The van der Waals surface area contributed by atoms with Gasteiger partial charge in [-0.3, -0.25) is 14.5 Å². The highest BCUT2D eigenvalue weighted by molar-refractivity contribution is 5.99. The third kappa shape index (κ3) is 3.54. The maximum Gasteiger partial charge on any atom is 0.290 e. The second kappa shape index (κ2) is 7.90. The average molecular weight is 422 g/mol. The highest BCUT2D eigenvalue weighted by Gasteiger charge is 2.42. The zero-order valence-corrected chi connectivity index (χ0v) is 17.3. The van der Waals surface area contributed by atoms with Gasteiger partial charge in [-0.2, -0.15) is 0 Å². The number of carbonyl (C=O) groups is 1. The lowest BCUT2D eigenvalue weighted by Gasteiger charge is -2.31. The van der Waals surface area contributed by atoms with Crippen LogP contribution in [0.25, 0.3) is 11.0 Å². The SMILES string of the molecule is Cc1ccc(C2c3c(oc4ccc(F)cc4c3=O)C(=O)N2CCN2CCOCC2)cc1. The minimum absolute atomic E-state index is 0.0525. The highest BCUT2D eigenvalue weighted by atomic mass is 19.1. The molecule has 6 nitrogen and oxygen atoms in total. The number of ether oxygens (including phenoxy) is 1. The summed E-state index contributed by atoms with van der Waals surface area (Å²) in [6.07, 6.45) is 0. The molecule has 3 aromatic rings. The number of hydrogen-bond acceptors (Lipinski definition) is 5. The number of aryl methyl sites for hydroxylation is 1. The van der Waals surface area contributed by atoms with Gasteiger partial charge in [0.05, 0.1) is 30.2 Å². The van der Waals surface area contributed by atoms with Gasteiger partial charge in [-0.05, 0) is 30.7 Å². The van der Waals surface area contributed by atoms with E-state index in [9.17, 15) is 14.0 Å². The van der Waals surface area contributed by atoms with Crippen molar-refractivity contribution < 1.29 is 18.3 Å². The summed E-state index contributed by atoms with van der Waals surface area (Å²) in [5.74, 6) is -0.769. The molecule has 0 radical (unpaired) electrons. The van der Waals surface area contributed by atoms with Gasteiger partial charge in [0.2, 0.25) is 5.76 Å². The Kier molecular flexibility index (Phi) is 5.08. The lowest BCUT2D eigenvalue weighted by atomic mass is 9.97. The smallest absolute Gasteiger partial charge is 0.290 e. The van der Waals surface area contributed by atoms with Crippen molar-refractivity contribution in [3.8, 4) is 0 Å². The number of halogens is 1. The molecule has 7 heteroatoms. The van der Waals surface area contributed by atoms with Crippen molar-refractivity contribution in [3.63, 3.8) is 0 Å². The third-order valence-electron chi connectivity index (χ3n) is 6.08. The fraction of sp³-hybridized carbons (Fsp3) is 0.333. The summed E-state index contributed by atoms with van der Waals surface area (Å²) in [7, 11) is 0. The van der Waals surface area contributed by atoms with Gasteiger partial charge in [0.25, 0.3) is 5.91 Å². The number of hydrogen-bond donors (Lipinski definition) is 0. The summed E-state index contributed by atoms with van der Waals surface area (Å²) in [6.45, 7) is 6.08. The molecule has 2 aliphatic heterocycles. The Morgan fingerprint density at radius 3 is 2.52 bits per heavy atom. The second-order valence-corrected chi connectivity index (χ2v) is 8.08. The predicted octanol–water partition coefficient (Wildman–Crippen LogP) is 3.12. The van der Waals surface area contributed by atoms with E-state index < -0.39 is 11.9 Å². The first-order valence-corrected chi connectivity index (χ1v) is 10.5. The minimum Gasteiger partial charge on any atom is -0.450 e. The number of carbonyl (C=O) groups excluding carboxylic acids is 1. The summed E-state index contributed by atoms with van der Waals surface area (Å²) >= 11 is 0. The van der Waals surface area contributed by atoms with Crippen LogP contribution in [0.3, 0.4) is 0 Å². The molecule has 0 spiro atoms. The molecular formula is C24H23FN2O4. The zero-order valence-electron chi connectivity index (χ0n) is 17.3. The maximum atomic E-state index is 13.8. The fourth-order valence-electron chi connectivity index (χ4n) is 4.39. The summed E-state index contributed by atoms with van der Waals surface area (Å²) in [5.41, 5.74) is 2.07. The van der Waals surface area contributed by atoms with E-state index >= 15 is 0 Å². The molecule has 1 saturated heterocycles. The van der Waals surface area contributed by atoms with E-state index in [1.165, 1.54) is 18.2 Å². The number of benzene rings is 2. The first kappa shape index (κ1) is 19.9. The first-order chi connectivity index (χ1) is 15.0. The summed E-state index contributed by atoms with van der Waals surface area (Å²) < 4.78 is 25.1. The van der Waals surface area contributed by atoms with Crippen molar-refractivity contribution in [2.75, 3.05) is 39.4 Å². The molecule has 0 bridgehead atoms. The van der Waals surface area contributed by atoms with Gasteiger partial charge in [-0.1, -0.05) is 29.8 Å². The van der Waals surface area contributed by atoms with Gasteiger partial charge >= 0.3 is 0 Å². The molecule has 2 aliphatic rings. The van der Waals surface area contributed by atoms with Gasteiger partial charge in [-0.25, -0.2) is 4.39 Å². The van der Waals surface area contributed by atoms with Crippen LogP contribution in [-0.4, -0.2) is 55.1 Å². The van der Waals surface area contributed by atoms with Crippen LogP contribution < -0.4 is 5.43 Å². The molecule has 1 atom stereocenters. The normalized spacial score (nSPS) is 19.2. The van der Waals surface area contributed by atoms with Crippen LogP contribution in [0.2, 0.25) is 0 Å². The maximum absolute atomic E-state index is 13.8. The molecule has 0 aliphatic carbocycles. The number of nitrogens with zero attached hydrogens (tertiary/aromatic N) is 2. The fourth-order valence-corrected chi connectivity index (χ4v) is 4.39. The van der Waals surface area contributed by atoms with Crippen molar-refractivity contribution in [1.29, 1.82) is 0 Å². The standard InChI is InChI=1S/C24H23FN2O4/c1-15-2-4-16(5-3-15)21-20-22(28)18-14-17(25)6-7-19(18)31-23(20)24(29)27(21)9-8-26-10-12-30-13-11-26/h2-7,14,21H,8-13H2,1H3. The van der Waals surface area contributed by atoms with Gasteiger partial charge in [0, 0.05) is 26.2 Å². The molecule has 1 aromatic heterocycles. The van der Waals surface area contributed by atoms with Gasteiger partial charge in [0.1, 0.15) is 11.4 Å². The van der Waals surface area contributed by atoms with Crippen LogP contribution in [0.15, 0.2) is 51.7 Å².